The van der Waals surface area contributed by atoms with Gasteiger partial charge in [0.25, 0.3) is 0 Å². The Balaban J connectivity index is 2.66. The van der Waals surface area contributed by atoms with Crippen molar-refractivity contribution in [1.29, 1.82) is 0 Å². The number of hydrogen-bond donors (Lipinski definition) is 1. The summed E-state index contributed by atoms with van der Waals surface area (Å²) in [5.74, 6) is 1.74. The van der Waals surface area contributed by atoms with E-state index in [0.717, 1.165) is 24.7 Å². The average molecular weight is 249 g/mol. The first kappa shape index (κ1) is 15.0. The predicted octanol–water partition coefficient (Wildman–Crippen LogP) is 4.17. The molecule has 102 valence electrons. The van der Waals surface area contributed by atoms with E-state index in [2.05, 4.69) is 44.3 Å². The van der Waals surface area contributed by atoms with E-state index in [-0.39, 0.29) is 0 Å². The molecule has 0 saturated heterocycles. The van der Waals surface area contributed by atoms with Crippen LogP contribution in [-0.2, 0) is 0 Å². The van der Waals surface area contributed by atoms with E-state index in [1.54, 1.807) is 0 Å². The molecule has 1 aromatic carbocycles. The van der Waals surface area contributed by atoms with Crippen molar-refractivity contribution in [3.63, 3.8) is 0 Å². The third kappa shape index (κ3) is 5.09. The smallest absolute Gasteiger partial charge is 0.119 e. The molecule has 1 N–H and O–H groups in total. The molecular weight excluding hydrogens is 222 g/mol. The zero-order valence-corrected chi connectivity index (χ0v) is 12.2. The SMILES string of the molecule is CCCOc1cccc(C(CCC(C)C)NC)c1. The highest BCUT2D eigenvalue weighted by atomic mass is 16.5. The summed E-state index contributed by atoms with van der Waals surface area (Å²) in [6.45, 7) is 7.46. The summed E-state index contributed by atoms with van der Waals surface area (Å²) in [6.07, 6.45) is 3.46. The molecule has 1 atom stereocenters. The Bertz CT molecular complexity index is 336. The lowest BCUT2D eigenvalue weighted by Crippen LogP contribution is -2.17. The van der Waals surface area contributed by atoms with Gasteiger partial charge in [-0.2, -0.15) is 0 Å². The lowest BCUT2D eigenvalue weighted by molar-refractivity contribution is 0.316. The minimum absolute atomic E-state index is 0.428. The Hall–Kier alpha value is -1.02. The van der Waals surface area contributed by atoms with E-state index in [0.29, 0.717) is 6.04 Å². The third-order valence-corrected chi connectivity index (χ3v) is 3.11. The van der Waals surface area contributed by atoms with Crippen LogP contribution in [-0.4, -0.2) is 13.7 Å². The minimum Gasteiger partial charge on any atom is -0.494 e. The Morgan fingerprint density at radius 1 is 1.22 bits per heavy atom. The number of ether oxygens (including phenoxy) is 1. The molecule has 0 spiro atoms. The summed E-state index contributed by atoms with van der Waals surface area (Å²) in [5.41, 5.74) is 1.33. The molecule has 1 rings (SSSR count). The number of nitrogens with one attached hydrogen (secondary N) is 1. The summed E-state index contributed by atoms with van der Waals surface area (Å²) in [7, 11) is 2.03. The summed E-state index contributed by atoms with van der Waals surface area (Å²) >= 11 is 0. The first-order valence-corrected chi connectivity index (χ1v) is 7.07. The molecular formula is C16H27NO. The van der Waals surface area contributed by atoms with Gasteiger partial charge in [-0.15, -0.1) is 0 Å². The van der Waals surface area contributed by atoms with Crippen LogP contribution in [0.2, 0.25) is 0 Å². The molecule has 2 nitrogen and oxygen atoms in total. The quantitative estimate of drug-likeness (QED) is 0.746. The van der Waals surface area contributed by atoms with Crippen molar-refractivity contribution < 1.29 is 4.74 Å². The van der Waals surface area contributed by atoms with E-state index >= 15 is 0 Å². The van der Waals surface area contributed by atoms with Gasteiger partial charge in [0.15, 0.2) is 0 Å². The van der Waals surface area contributed by atoms with Gasteiger partial charge >= 0.3 is 0 Å². The van der Waals surface area contributed by atoms with Gasteiger partial charge in [0.2, 0.25) is 0 Å². The molecule has 18 heavy (non-hydrogen) atoms. The van der Waals surface area contributed by atoms with Gasteiger partial charge < -0.3 is 10.1 Å². The number of benzene rings is 1. The fraction of sp³-hybridized carbons (Fsp3) is 0.625. The second-order valence-electron chi connectivity index (χ2n) is 5.23. The molecule has 0 radical (unpaired) electrons. The molecule has 0 fully saturated rings. The molecule has 1 unspecified atom stereocenters. The van der Waals surface area contributed by atoms with Crippen LogP contribution in [0.3, 0.4) is 0 Å². The standard InChI is InChI=1S/C16H27NO/c1-5-11-18-15-8-6-7-14(12-15)16(17-4)10-9-13(2)3/h6-8,12-13,16-17H,5,9-11H2,1-4H3. The topological polar surface area (TPSA) is 21.3 Å². The monoisotopic (exact) mass is 249 g/mol. The Morgan fingerprint density at radius 2 is 2.00 bits per heavy atom. The normalized spacial score (nSPS) is 12.7. The molecule has 1 aromatic rings. The van der Waals surface area contributed by atoms with Crippen molar-refractivity contribution in [2.75, 3.05) is 13.7 Å². The summed E-state index contributed by atoms with van der Waals surface area (Å²) in [6, 6.07) is 8.89. The molecule has 0 heterocycles. The second-order valence-corrected chi connectivity index (χ2v) is 5.23. The molecule has 0 amide bonds. The van der Waals surface area contributed by atoms with Crippen LogP contribution in [0.4, 0.5) is 0 Å². The molecule has 0 aliphatic heterocycles. The van der Waals surface area contributed by atoms with Crippen LogP contribution in [0.15, 0.2) is 24.3 Å². The molecule has 0 saturated carbocycles. The maximum atomic E-state index is 5.69. The van der Waals surface area contributed by atoms with Gasteiger partial charge in [-0.3, -0.25) is 0 Å². The van der Waals surface area contributed by atoms with Crippen LogP contribution in [0.25, 0.3) is 0 Å². The van der Waals surface area contributed by atoms with Crippen molar-refractivity contribution in [3.8, 4) is 5.75 Å². The summed E-state index contributed by atoms with van der Waals surface area (Å²) in [5, 5.41) is 3.40. The van der Waals surface area contributed by atoms with Crippen LogP contribution in [0, 0.1) is 5.92 Å². The van der Waals surface area contributed by atoms with Crippen molar-refractivity contribution in [3.05, 3.63) is 29.8 Å². The van der Waals surface area contributed by atoms with Crippen molar-refractivity contribution >= 4 is 0 Å². The van der Waals surface area contributed by atoms with Crippen LogP contribution < -0.4 is 10.1 Å². The number of hydrogen-bond acceptors (Lipinski definition) is 2. The van der Waals surface area contributed by atoms with E-state index in [9.17, 15) is 0 Å². The fourth-order valence-corrected chi connectivity index (χ4v) is 2.02. The summed E-state index contributed by atoms with van der Waals surface area (Å²) in [4.78, 5) is 0. The third-order valence-electron chi connectivity index (χ3n) is 3.11. The van der Waals surface area contributed by atoms with Crippen LogP contribution >= 0.6 is 0 Å². The van der Waals surface area contributed by atoms with Gasteiger partial charge in [0.05, 0.1) is 6.61 Å². The molecule has 0 aliphatic carbocycles. The second kappa shape index (κ2) is 8.15. The molecule has 2 heteroatoms. The van der Waals surface area contributed by atoms with Gasteiger partial charge in [-0.25, -0.2) is 0 Å². The van der Waals surface area contributed by atoms with Crippen LogP contribution in [0.5, 0.6) is 5.75 Å². The molecule has 0 bridgehead atoms. The maximum absolute atomic E-state index is 5.69. The number of rotatable bonds is 8. The first-order chi connectivity index (χ1) is 8.67. The van der Waals surface area contributed by atoms with Crippen molar-refractivity contribution in [2.24, 2.45) is 5.92 Å². The van der Waals surface area contributed by atoms with Gasteiger partial charge in [-0.1, -0.05) is 32.9 Å². The lowest BCUT2D eigenvalue weighted by Gasteiger charge is -2.18. The zero-order chi connectivity index (χ0) is 13.4. The highest BCUT2D eigenvalue weighted by Gasteiger charge is 2.10. The van der Waals surface area contributed by atoms with E-state index in [1.807, 2.05) is 13.1 Å². The van der Waals surface area contributed by atoms with Gasteiger partial charge in [0.1, 0.15) is 5.75 Å². The van der Waals surface area contributed by atoms with Gasteiger partial charge in [-0.05, 0) is 49.9 Å². The van der Waals surface area contributed by atoms with Crippen molar-refractivity contribution in [1.82, 2.24) is 5.32 Å². The summed E-state index contributed by atoms with van der Waals surface area (Å²) < 4.78 is 5.69. The van der Waals surface area contributed by atoms with E-state index in [4.69, 9.17) is 4.74 Å². The Labute approximate surface area is 112 Å². The van der Waals surface area contributed by atoms with Crippen molar-refractivity contribution in [2.45, 2.75) is 46.1 Å². The van der Waals surface area contributed by atoms with Gasteiger partial charge in [0, 0.05) is 6.04 Å². The molecule has 0 aliphatic rings. The highest BCUT2D eigenvalue weighted by Crippen LogP contribution is 2.24. The van der Waals surface area contributed by atoms with E-state index in [1.165, 1.54) is 18.4 Å². The highest BCUT2D eigenvalue weighted by molar-refractivity contribution is 5.30. The average Bonchev–Trinajstić information content (AvgIpc) is 2.37. The largest absolute Gasteiger partial charge is 0.494 e. The molecule has 0 aromatic heterocycles. The Morgan fingerprint density at radius 3 is 2.61 bits per heavy atom. The van der Waals surface area contributed by atoms with Crippen LogP contribution in [0.1, 0.15) is 51.6 Å². The zero-order valence-electron chi connectivity index (χ0n) is 12.2. The Kier molecular flexibility index (Phi) is 6.81. The lowest BCUT2D eigenvalue weighted by atomic mass is 9.97. The fourth-order valence-electron chi connectivity index (χ4n) is 2.02. The first-order valence-electron chi connectivity index (χ1n) is 7.07. The van der Waals surface area contributed by atoms with E-state index < -0.39 is 0 Å². The maximum Gasteiger partial charge on any atom is 0.119 e. The predicted molar refractivity (Wildman–Crippen MR) is 78.1 cm³/mol. The minimum atomic E-state index is 0.428.